The number of nitrogens with two attached hydrogens (primary N) is 1. The highest BCUT2D eigenvalue weighted by molar-refractivity contribution is 9.10. The van der Waals surface area contributed by atoms with E-state index in [0.29, 0.717) is 17.6 Å². The van der Waals surface area contributed by atoms with Crippen LogP contribution in [0.15, 0.2) is 27.6 Å². The van der Waals surface area contributed by atoms with E-state index in [1.807, 2.05) is 0 Å². The van der Waals surface area contributed by atoms with Gasteiger partial charge in [0.1, 0.15) is 4.90 Å². The van der Waals surface area contributed by atoms with Crippen LogP contribution in [0.4, 0.5) is 0 Å². The maximum Gasteiger partial charge on any atom is 0.244 e. The van der Waals surface area contributed by atoms with Gasteiger partial charge in [0.25, 0.3) is 0 Å². The summed E-state index contributed by atoms with van der Waals surface area (Å²) in [7, 11) is -3.59. The zero-order chi connectivity index (χ0) is 14.0. The van der Waals surface area contributed by atoms with Gasteiger partial charge in [-0.3, -0.25) is 0 Å². The third-order valence-corrected chi connectivity index (χ3v) is 6.25. The first-order valence-corrected chi connectivity index (χ1v) is 8.75. The van der Waals surface area contributed by atoms with Crippen molar-refractivity contribution < 1.29 is 8.42 Å². The summed E-state index contributed by atoms with van der Waals surface area (Å²) in [6.45, 7) is 0.845. The molecule has 0 aliphatic carbocycles. The van der Waals surface area contributed by atoms with Crippen molar-refractivity contribution in [3.8, 4) is 0 Å². The number of benzene rings is 1. The smallest absolute Gasteiger partial charge is 0.244 e. The van der Waals surface area contributed by atoms with Gasteiger partial charge in [-0.25, -0.2) is 8.42 Å². The van der Waals surface area contributed by atoms with Gasteiger partial charge in [-0.1, -0.05) is 34.0 Å². The largest absolute Gasteiger partial charge is 0.329 e. The highest BCUT2D eigenvalue weighted by Gasteiger charge is 2.33. The van der Waals surface area contributed by atoms with Crippen molar-refractivity contribution in [3.63, 3.8) is 0 Å². The molecule has 106 valence electrons. The third kappa shape index (κ3) is 3.13. The number of hydrogen-bond donors (Lipinski definition) is 1. The minimum atomic E-state index is -3.59. The van der Waals surface area contributed by atoms with Crippen molar-refractivity contribution in [2.75, 3.05) is 13.1 Å². The first-order chi connectivity index (χ1) is 8.96. The van der Waals surface area contributed by atoms with Crippen LogP contribution in [0.1, 0.15) is 19.3 Å². The number of sulfonamides is 1. The predicted molar refractivity (Wildman–Crippen MR) is 79.7 cm³/mol. The summed E-state index contributed by atoms with van der Waals surface area (Å²) < 4.78 is 27.6. The Kier molecular flexibility index (Phi) is 4.89. The highest BCUT2D eigenvalue weighted by Crippen LogP contribution is 2.31. The van der Waals surface area contributed by atoms with Crippen molar-refractivity contribution in [2.24, 2.45) is 5.73 Å². The van der Waals surface area contributed by atoms with Gasteiger partial charge in [0, 0.05) is 23.6 Å². The fourth-order valence-corrected chi connectivity index (χ4v) is 5.05. The van der Waals surface area contributed by atoms with Crippen LogP contribution in [-0.2, 0) is 10.0 Å². The quantitative estimate of drug-likeness (QED) is 0.893. The fraction of sp³-hybridized carbons (Fsp3) is 0.500. The van der Waals surface area contributed by atoms with Gasteiger partial charge >= 0.3 is 0 Å². The summed E-state index contributed by atoms with van der Waals surface area (Å²) >= 11 is 9.31. The zero-order valence-corrected chi connectivity index (χ0v) is 13.5. The molecular weight excluding hydrogens is 352 g/mol. The maximum atomic E-state index is 12.7. The lowest BCUT2D eigenvalue weighted by atomic mass is 10.1. The van der Waals surface area contributed by atoms with Crippen LogP contribution in [0.3, 0.4) is 0 Å². The van der Waals surface area contributed by atoms with Crippen LogP contribution < -0.4 is 5.73 Å². The third-order valence-electron chi connectivity index (χ3n) is 3.33. The van der Waals surface area contributed by atoms with E-state index in [0.717, 1.165) is 19.3 Å². The minimum absolute atomic E-state index is 0.131. The van der Waals surface area contributed by atoms with Gasteiger partial charge < -0.3 is 5.73 Å². The second kappa shape index (κ2) is 6.10. The SMILES string of the molecule is NCC1CCCCN1S(=O)(=O)c1cc(Br)ccc1Cl. The number of halogens is 2. The molecule has 0 spiro atoms. The average Bonchev–Trinajstić information content (AvgIpc) is 2.41. The molecule has 19 heavy (non-hydrogen) atoms. The van der Waals surface area contributed by atoms with Gasteiger partial charge in [-0.2, -0.15) is 4.31 Å². The molecule has 1 aromatic carbocycles. The average molecular weight is 368 g/mol. The van der Waals surface area contributed by atoms with Crippen LogP contribution in [0.2, 0.25) is 5.02 Å². The second-order valence-corrected chi connectivity index (χ2v) is 7.76. The molecule has 1 aliphatic rings. The van der Waals surface area contributed by atoms with Gasteiger partial charge in [0.05, 0.1) is 5.02 Å². The van der Waals surface area contributed by atoms with E-state index in [1.165, 1.54) is 4.31 Å². The molecule has 0 amide bonds. The molecule has 0 saturated carbocycles. The summed E-state index contributed by atoms with van der Waals surface area (Å²) in [4.78, 5) is 0.142. The van der Waals surface area contributed by atoms with Crippen LogP contribution in [0.5, 0.6) is 0 Å². The molecule has 1 aromatic rings. The van der Waals surface area contributed by atoms with E-state index < -0.39 is 10.0 Å². The van der Waals surface area contributed by atoms with E-state index >= 15 is 0 Å². The molecule has 2 N–H and O–H groups in total. The van der Waals surface area contributed by atoms with Crippen LogP contribution in [0.25, 0.3) is 0 Å². The van der Waals surface area contributed by atoms with Crippen LogP contribution >= 0.6 is 27.5 Å². The Hall–Kier alpha value is -0.140. The van der Waals surface area contributed by atoms with Crippen molar-refractivity contribution in [2.45, 2.75) is 30.2 Å². The molecule has 1 aliphatic heterocycles. The molecule has 1 atom stereocenters. The Bertz CT molecular complexity index is 565. The molecule has 4 nitrogen and oxygen atoms in total. The second-order valence-electron chi connectivity index (χ2n) is 4.58. The molecule has 1 saturated heterocycles. The Labute approximate surface area is 127 Å². The molecule has 2 rings (SSSR count). The van der Waals surface area contributed by atoms with E-state index in [9.17, 15) is 8.42 Å². The first-order valence-electron chi connectivity index (χ1n) is 6.14. The molecule has 0 aromatic heterocycles. The number of rotatable bonds is 3. The predicted octanol–water partition coefficient (Wildman–Crippen LogP) is 2.60. The molecular formula is C12H16BrClN2O2S. The van der Waals surface area contributed by atoms with Gasteiger partial charge in [-0.05, 0) is 31.0 Å². The van der Waals surface area contributed by atoms with Crippen molar-refractivity contribution >= 4 is 37.6 Å². The Balaban J connectivity index is 2.43. The molecule has 1 unspecified atom stereocenters. The Morgan fingerprint density at radius 1 is 1.42 bits per heavy atom. The van der Waals surface area contributed by atoms with E-state index in [2.05, 4.69) is 15.9 Å². The lowest BCUT2D eigenvalue weighted by molar-refractivity contribution is 0.257. The van der Waals surface area contributed by atoms with Gasteiger partial charge in [0.2, 0.25) is 10.0 Å². The molecule has 1 heterocycles. The molecule has 1 fully saturated rings. The summed E-state index contributed by atoms with van der Waals surface area (Å²) in [5.41, 5.74) is 5.69. The lowest BCUT2D eigenvalue weighted by Crippen LogP contribution is -2.47. The van der Waals surface area contributed by atoms with Crippen molar-refractivity contribution in [3.05, 3.63) is 27.7 Å². The topological polar surface area (TPSA) is 63.4 Å². The lowest BCUT2D eigenvalue weighted by Gasteiger charge is -2.34. The standard InChI is InChI=1S/C12H16BrClN2O2S/c13-9-4-5-11(14)12(7-9)19(17,18)16-6-2-1-3-10(16)8-15/h4-5,7,10H,1-3,6,8,15H2. The monoisotopic (exact) mass is 366 g/mol. The van der Waals surface area contributed by atoms with Gasteiger partial charge in [0.15, 0.2) is 0 Å². The normalized spacial score (nSPS) is 21.5. The molecule has 0 bridgehead atoms. The first kappa shape index (κ1) is 15.3. The number of piperidine rings is 1. The summed E-state index contributed by atoms with van der Waals surface area (Å²) in [5, 5.41) is 0.240. The number of hydrogen-bond acceptors (Lipinski definition) is 3. The fourth-order valence-electron chi connectivity index (χ4n) is 2.33. The summed E-state index contributed by atoms with van der Waals surface area (Å²) in [6, 6.07) is 4.71. The zero-order valence-electron chi connectivity index (χ0n) is 10.4. The van der Waals surface area contributed by atoms with Crippen molar-refractivity contribution in [1.29, 1.82) is 0 Å². The highest BCUT2D eigenvalue weighted by atomic mass is 79.9. The Morgan fingerprint density at radius 3 is 2.84 bits per heavy atom. The minimum Gasteiger partial charge on any atom is -0.329 e. The number of nitrogens with zero attached hydrogens (tertiary/aromatic N) is 1. The van der Waals surface area contributed by atoms with Crippen molar-refractivity contribution in [1.82, 2.24) is 4.31 Å². The van der Waals surface area contributed by atoms with E-state index in [-0.39, 0.29) is 16.0 Å². The van der Waals surface area contributed by atoms with Gasteiger partial charge in [-0.15, -0.1) is 0 Å². The summed E-state index contributed by atoms with van der Waals surface area (Å²) in [6.07, 6.45) is 2.68. The van der Waals surface area contributed by atoms with E-state index in [4.69, 9.17) is 17.3 Å². The summed E-state index contributed by atoms with van der Waals surface area (Å²) in [5.74, 6) is 0. The maximum absolute atomic E-state index is 12.7. The van der Waals surface area contributed by atoms with Crippen LogP contribution in [-0.4, -0.2) is 31.9 Å². The van der Waals surface area contributed by atoms with Crippen LogP contribution in [0, 0.1) is 0 Å². The van der Waals surface area contributed by atoms with E-state index in [1.54, 1.807) is 18.2 Å². The molecule has 0 radical (unpaired) electrons. The molecule has 7 heteroatoms. The Morgan fingerprint density at radius 2 is 2.16 bits per heavy atom.